The minimum Gasteiger partial charge on any atom is -0.385 e. The molecule has 0 radical (unpaired) electrons. The number of benzene rings is 1. The number of aliphatic hydroxyl groups is 1. The molecule has 0 aliphatic heterocycles. The first-order valence-electron chi connectivity index (χ1n) is 5.52. The lowest BCUT2D eigenvalue weighted by atomic mass is 9.86. The summed E-state index contributed by atoms with van der Waals surface area (Å²) >= 11 is 0. The van der Waals surface area contributed by atoms with Gasteiger partial charge in [-0.15, -0.1) is 0 Å². The molecule has 1 aliphatic rings. The summed E-state index contributed by atoms with van der Waals surface area (Å²) in [6, 6.07) is 10.1. The van der Waals surface area contributed by atoms with Crippen molar-refractivity contribution < 1.29 is 5.11 Å². The van der Waals surface area contributed by atoms with Crippen LogP contribution in [0.2, 0.25) is 0 Å². The van der Waals surface area contributed by atoms with Gasteiger partial charge in [-0.3, -0.25) is 0 Å². The van der Waals surface area contributed by atoms with Crippen molar-refractivity contribution in [3.8, 4) is 0 Å². The minimum absolute atomic E-state index is 0.581. The van der Waals surface area contributed by atoms with E-state index < -0.39 is 5.60 Å². The molecule has 1 heteroatoms. The van der Waals surface area contributed by atoms with Crippen LogP contribution in [0, 0.1) is 5.92 Å². The van der Waals surface area contributed by atoms with E-state index in [0.717, 1.165) is 24.3 Å². The second kappa shape index (κ2) is 3.74. The van der Waals surface area contributed by atoms with Crippen LogP contribution < -0.4 is 0 Å². The summed E-state index contributed by atoms with van der Waals surface area (Å²) in [6.07, 6.45) is 4.35. The molecule has 1 atom stereocenters. The number of rotatable bonds is 4. The SMILES string of the molecule is CCC(O)(CC1CC1)c1ccccc1. The second-order valence-electron chi connectivity index (χ2n) is 4.40. The lowest BCUT2D eigenvalue weighted by Gasteiger charge is -2.27. The standard InChI is InChI=1S/C13H18O/c1-2-13(14,10-11-8-9-11)12-6-4-3-5-7-12/h3-7,11,14H,2,8-10H2,1H3. The molecule has 1 fully saturated rings. The van der Waals surface area contributed by atoms with Crippen molar-refractivity contribution in [2.24, 2.45) is 5.92 Å². The fourth-order valence-corrected chi connectivity index (χ4v) is 2.01. The van der Waals surface area contributed by atoms with Gasteiger partial charge >= 0.3 is 0 Å². The molecular weight excluding hydrogens is 172 g/mol. The second-order valence-corrected chi connectivity index (χ2v) is 4.40. The fourth-order valence-electron chi connectivity index (χ4n) is 2.01. The van der Waals surface area contributed by atoms with Crippen LogP contribution in [0.5, 0.6) is 0 Å². The molecule has 14 heavy (non-hydrogen) atoms. The molecule has 0 amide bonds. The molecule has 0 aromatic heterocycles. The van der Waals surface area contributed by atoms with Gasteiger partial charge in [-0.1, -0.05) is 50.1 Å². The molecule has 1 nitrogen and oxygen atoms in total. The molecule has 0 bridgehead atoms. The van der Waals surface area contributed by atoms with Gasteiger partial charge in [0.2, 0.25) is 0 Å². The Labute approximate surface area is 85.8 Å². The van der Waals surface area contributed by atoms with Crippen molar-refractivity contribution in [3.63, 3.8) is 0 Å². The molecule has 2 rings (SSSR count). The van der Waals surface area contributed by atoms with Gasteiger partial charge in [0.05, 0.1) is 5.60 Å². The molecular formula is C13H18O. The van der Waals surface area contributed by atoms with Gasteiger partial charge in [0.15, 0.2) is 0 Å². The Kier molecular flexibility index (Phi) is 2.60. The molecule has 1 aliphatic carbocycles. The Morgan fingerprint density at radius 3 is 2.43 bits per heavy atom. The summed E-state index contributed by atoms with van der Waals surface area (Å²) in [4.78, 5) is 0. The molecule has 0 saturated heterocycles. The van der Waals surface area contributed by atoms with Gasteiger partial charge in [0, 0.05) is 0 Å². The normalized spacial score (nSPS) is 20.4. The van der Waals surface area contributed by atoms with Gasteiger partial charge in [-0.05, 0) is 24.3 Å². The Morgan fingerprint density at radius 1 is 1.29 bits per heavy atom. The van der Waals surface area contributed by atoms with Crippen molar-refractivity contribution in [1.29, 1.82) is 0 Å². The highest BCUT2D eigenvalue weighted by Crippen LogP contribution is 2.42. The molecule has 0 heterocycles. The topological polar surface area (TPSA) is 20.2 Å². The quantitative estimate of drug-likeness (QED) is 0.773. The summed E-state index contributed by atoms with van der Waals surface area (Å²) in [5.74, 6) is 0.764. The average molecular weight is 190 g/mol. The zero-order valence-corrected chi connectivity index (χ0v) is 8.74. The summed E-state index contributed by atoms with van der Waals surface area (Å²) in [5.41, 5.74) is 0.497. The maximum absolute atomic E-state index is 10.5. The lowest BCUT2D eigenvalue weighted by Crippen LogP contribution is -2.25. The molecule has 1 aromatic carbocycles. The van der Waals surface area contributed by atoms with E-state index in [0.29, 0.717) is 0 Å². The van der Waals surface area contributed by atoms with Gasteiger partial charge in [0.1, 0.15) is 0 Å². The van der Waals surface area contributed by atoms with Crippen LogP contribution in [0.15, 0.2) is 30.3 Å². The monoisotopic (exact) mass is 190 g/mol. The van der Waals surface area contributed by atoms with E-state index in [9.17, 15) is 5.11 Å². The highest BCUT2D eigenvalue weighted by Gasteiger charge is 2.34. The third kappa shape index (κ3) is 1.98. The molecule has 0 spiro atoms. The maximum Gasteiger partial charge on any atom is 0.0896 e. The van der Waals surface area contributed by atoms with Crippen molar-refractivity contribution >= 4 is 0 Å². The maximum atomic E-state index is 10.5. The molecule has 76 valence electrons. The van der Waals surface area contributed by atoms with E-state index in [2.05, 4.69) is 6.92 Å². The largest absolute Gasteiger partial charge is 0.385 e. The Hall–Kier alpha value is -0.820. The van der Waals surface area contributed by atoms with Crippen molar-refractivity contribution in [3.05, 3.63) is 35.9 Å². The number of hydrogen-bond acceptors (Lipinski definition) is 1. The predicted octanol–water partition coefficient (Wildman–Crippen LogP) is 3.08. The first-order chi connectivity index (χ1) is 6.74. The van der Waals surface area contributed by atoms with Crippen molar-refractivity contribution in [2.45, 2.75) is 38.2 Å². The summed E-state index contributed by atoms with van der Waals surface area (Å²) in [7, 11) is 0. The van der Waals surface area contributed by atoms with E-state index in [-0.39, 0.29) is 0 Å². The lowest BCUT2D eigenvalue weighted by molar-refractivity contribution is 0.0177. The summed E-state index contributed by atoms with van der Waals surface area (Å²) in [5, 5.41) is 10.5. The van der Waals surface area contributed by atoms with Gasteiger partial charge in [0.25, 0.3) is 0 Å². The van der Waals surface area contributed by atoms with Gasteiger partial charge in [-0.25, -0.2) is 0 Å². The summed E-state index contributed by atoms with van der Waals surface area (Å²) < 4.78 is 0. The molecule has 1 saturated carbocycles. The highest BCUT2D eigenvalue weighted by atomic mass is 16.3. The zero-order chi connectivity index (χ0) is 10.0. The Balaban J connectivity index is 2.17. The third-order valence-corrected chi connectivity index (χ3v) is 3.22. The van der Waals surface area contributed by atoms with Gasteiger partial charge in [-0.2, -0.15) is 0 Å². The van der Waals surface area contributed by atoms with Crippen molar-refractivity contribution in [2.75, 3.05) is 0 Å². The average Bonchev–Trinajstić information content (AvgIpc) is 3.03. The van der Waals surface area contributed by atoms with E-state index in [1.54, 1.807) is 0 Å². The fraction of sp³-hybridized carbons (Fsp3) is 0.538. The molecule has 1 unspecified atom stereocenters. The van der Waals surface area contributed by atoms with Crippen LogP contribution in [-0.2, 0) is 5.60 Å². The van der Waals surface area contributed by atoms with Crippen LogP contribution in [0.3, 0.4) is 0 Å². The van der Waals surface area contributed by atoms with Crippen LogP contribution in [0.4, 0.5) is 0 Å². The van der Waals surface area contributed by atoms with Crippen LogP contribution >= 0.6 is 0 Å². The minimum atomic E-state index is -0.581. The van der Waals surface area contributed by atoms with Crippen LogP contribution in [0.25, 0.3) is 0 Å². The zero-order valence-electron chi connectivity index (χ0n) is 8.74. The third-order valence-electron chi connectivity index (χ3n) is 3.22. The first-order valence-corrected chi connectivity index (χ1v) is 5.52. The van der Waals surface area contributed by atoms with E-state index in [1.807, 2.05) is 30.3 Å². The van der Waals surface area contributed by atoms with Gasteiger partial charge < -0.3 is 5.11 Å². The molecule has 1 aromatic rings. The summed E-state index contributed by atoms with van der Waals surface area (Å²) in [6.45, 7) is 2.06. The smallest absolute Gasteiger partial charge is 0.0896 e. The van der Waals surface area contributed by atoms with E-state index >= 15 is 0 Å². The first kappa shape index (κ1) is 9.72. The Morgan fingerprint density at radius 2 is 1.93 bits per heavy atom. The van der Waals surface area contributed by atoms with E-state index in [1.165, 1.54) is 12.8 Å². The molecule has 1 N–H and O–H groups in total. The van der Waals surface area contributed by atoms with Crippen LogP contribution in [-0.4, -0.2) is 5.11 Å². The predicted molar refractivity (Wildman–Crippen MR) is 58.0 cm³/mol. The number of hydrogen-bond donors (Lipinski definition) is 1. The highest BCUT2D eigenvalue weighted by molar-refractivity contribution is 5.22. The van der Waals surface area contributed by atoms with Crippen LogP contribution in [0.1, 0.15) is 38.2 Å². The Bertz CT molecular complexity index is 289. The van der Waals surface area contributed by atoms with Crippen molar-refractivity contribution in [1.82, 2.24) is 0 Å². The van der Waals surface area contributed by atoms with E-state index in [4.69, 9.17) is 0 Å².